The fraction of sp³-hybridized carbons (Fsp3) is 0.435. The summed E-state index contributed by atoms with van der Waals surface area (Å²) in [6.07, 6.45) is 0.169. The Morgan fingerprint density at radius 1 is 0.967 bits per heavy atom. The van der Waals surface area contributed by atoms with Gasteiger partial charge >= 0.3 is 0 Å². The Morgan fingerprint density at radius 2 is 1.60 bits per heavy atom. The standard InChI is InChI=1S/C23H31N3O3S/c1-19(2)21-10-8-20(9-11-21)18-25-14-16-26(17-15-25)23(27)12-13-24-30(28,29)22-6-4-3-5-7-22/h3-11,19,24H,12-18H2,1-2H3. The Bertz CT molecular complexity index is 920. The molecule has 0 unspecified atom stereocenters. The maximum absolute atomic E-state index is 12.5. The first-order valence-corrected chi connectivity index (χ1v) is 12.0. The molecule has 2 aromatic rings. The molecule has 1 heterocycles. The average molecular weight is 430 g/mol. The van der Waals surface area contributed by atoms with Crippen molar-refractivity contribution in [2.45, 2.75) is 37.6 Å². The second kappa shape index (κ2) is 10.2. The van der Waals surface area contributed by atoms with E-state index in [1.807, 2.05) is 4.90 Å². The molecule has 162 valence electrons. The van der Waals surface area contributed by atoms with Gasteiger partial charge in [-0.3, -0.25) is 9.69 Å². The van der Waals surface area contributed by atoms with Crippen molar-refractivity contribution in [3.05, 3.63) is 65.7 Å². The zero-order valence-electron chi connectivity index (χ0n) is 17.8. The number of amides is 1. The van der Waals surface area contributed by atoms with Crippen LogP contribution >= 0.6 is 0 Å². The molecular formula is C23H31N3O3S. The molecule has 1 aliphatic heterocycles. The number of sulfonamides is 1. The zero-order valence-corrected chi connectivity index (χ0v) is 18.6. The Hall–Kier alpha value is -2.22. The number of hydrogen-bond donors (Lipinski definition) is 1. The Labute approximate surface area is 179 Å². The minimum absolute atomic E-state index is 0.00769. The van der Waals surface area contributed by atoms with Gasteiger partial charge in [-0.2, -0.15) is 0 Å². The van der Waals surface area contributed by atoms with Gasteiger partial charge in [0.2, 0.25) is 15.9 Å². The van der Waals surface area contributed by atoms with E-state index < -0.39 is 10.0 Å². The smallest absolute Gasteiger partial charge is 0.240 e. The van der Waals surface area contributed by atoms with Crippen LogP contribution in [0.25, 0.3) is 0 Å². The maximum atomic E-state index is 12.5. The van der Waals surface area contributed by atoms with Gasteiger partial charge in [-0.1, -0.05) is 56.3 Å². The summed E-state index contributed by atoms with van der Waals surface area (Å²) in [4.78, 5) is 16.9. The van der Waals surface area contributed by atoms with Gasteiger partial charge in [0, 0.05) is 45.7 Å². The lowest BCUT2D eigenvalue weighted by atomic mass is 10.0. The summed E-state index contributed by atoms with van der Waals surface area (Å²) < 4.78 is 27.0. The Kier molecular flexibility index (Phi) is 7.64. The molecule has 7 heteroatoms. The Balaban J connectivity index is 1.41. The predicted octanol–water partition coefficient (Wildman–Crippen LogP) is 2.82. The van der Waals surface area contributed by atoms with Crippen LogP contribution in [-0.2, 0) is 21.4 Å². The van der Waals surface area contributed by atoms with Crippen molar-refractivity contribution in [1.29, 1.82) is 0 Å². The Morgan fingerprint density at radius 3 is 2.20 bits per heavy atom. The van der Waals surface area contributed by atoms with Crippen LogP contribution in [0.1, 0.15) is 37.3 Å². The highest BCUT2D eigenvalue weighted by molar-refractivity contribution is 7.89. The molecule has 1 N–H and O–H groups in total. The highest BCUT2D eigenvalue weighted by Gasteiger charge is 2.21. The van der Waals surface area contributed by atoms with E-state index in [-0.39, 0.29) is 23.8 Å². The van der Waals surface area contributed by atoms with E-state index in [0.717, 1.165) is 19.6 Å². The van der Waals surface area contributed by atoms with Gasteiger partial charge in [0.1, 0.15) is 0 Å². The number of nitrogens with one attached hydrogen (secondary N) is 1. The van der Waals surface area contributed by atoms with Crippen LogP contribution in [0.5, 0.6) is 0 Å². The molecule has 2 aromatic carbocycles. The average Bonchev–Trinajstić information content (AvgIpc) is 2.75. The topological polar surface area (TPSA) is 69.7 Å². The van der Waals surface area contributed by atoms with E-state index in [9.17, 15) is 13.2 Å². The van der Waals surface area contributed by atoms with Gasteiger partial charge in [-0.25, -0.2) is 13.1 Å². The minimum Gasteiger partial charge on any atom is -0.340 e. The molecule has 0 bridgehead atoms. The van der Waals surface area contributed by atoms with Gasteiger partial charge in [-0.05, 0) is 29.2 Å². The van der Waals surface area contributed by atoms with Crippen LogP contribution in [0.2, 0.25) is 0 Å². The van der Waals surface area contributed by atoms with E-state index >= 15 is 0 Å². The van der Waals surface area contributed by atoms with Gasteiger partial charge in [0.25, 0.3) is 0 Å². The van der Waals surface area contributed by atoms with Crippen molar-refractivity contribution in [2.24, 2.45) is 0 Å². The number of carbonyl (C=O) groups is 1. The number of nitrogens with zero attached hydrogens (tertiary/aromatic N) is 2. The molecule has 1 amide bonds. The third-order valence-electron chi connectivity index (χ3n) is 5.46. The fourth-order valence-electron chi connectivity index (χ4n) is 3.55. The predicted molar refractivity (Wildman–Crippen MR) is 119 cm³/mol. The normalized spacial score (nSPS) is 15.5. The first-order valence-electron chi connectivity index (χ1n) is 10.5. The SMILES string of the molecule is CC(C)c1ccc(CN2CCN(C(=O)CCNS(=O)(=O)c3ccccc3)CC2)cc1. The van der Waals surface area contributed by atoms with Crippen molar-refractivity contribution in [3.8, 4) is 0 Å². The number of hydrogen-bond acceptors (Lipinski definition) is 4. The molecule has 6 nitrogen and oxygen atoms in total. The molecule has 0 aliphatic carbocycles. The summed E-state index contributed by atoms with van der Waals surface area (Å²) in [6, 6.07) is 17.0. The number of rotatable bonds is 8. The second-order valence-corrected chi connectivity index (χ2v) is 9.78. The van der Waals surface area contributed by atoms with Crippen molar-refractivity contribution in [1.82, 2.24) is 14.5 Å². The molecule has 0 radical (unpaired) electrons. The number of benzene rings is 2. The third kappa shape index (κ3) is 6.14. The van der Waals surface area contributed by atoms with E-state index in [1.54, 1.807) is 30.3 Å². The second-order valence-electron chi connectivity index (χ2n) is 8.01. The van der Waals surface area contributed by atoms with Crippen LogP contribution < -0.4 is 4.72 Å². The van der Waals surface area contributed by atoms with E-state index in [0.29, 0.717) is 19.0 Å². The quantitative estimate of drug-likeness (QED) is 0.701. The van der Waals surface area contributed by atoms with Crippen molar-refractivity contribution in [3.63, 3.8) is 0 Å². The molecule has 0 saturated carbocycles. The number of piperazine rings is 1. The van der Waals surface area contributed by atoms with Gasteiger partial charge in [-0.15, -0.1) is 0 Å². The lowest BCUT2D eigenvalue weighted by Gasteiger charge is -2.35. The molecule has 1 saturated heterocycles. The summed E-state index contributed by atoms with van der Waals surface area (Å²) in [5.74, 6) is 0.525. The van der Waals surface area contributed by atoms with Crippen LogP contribution in [0.3, 0.4) is 0 Å². The maximum Gasteiger partial charge on any atom is 0.240 e. The minimum atomic E-state index is -3.57. The van der Waals surface area contributed by atoms with Crippen LogP contribution in [0, 0.1) is 0 Å². The lowest BCUT2D eigenvalue weighted by molar-refractivity contribution is -0.132. The van der Waals surface area contributed by atoms with E-state index in [1.165, 1.54) is 11.1 Å². The molecule has 3 rings (SSSR count). The van der Waals surface area contributed by atoms with Crippen molar-refractivity contribution < 1.29 is 13.2 Å². The van der Waals surface area contributed by atoms with Crippen LogP contribution in [0.4, 0.5) is 0 Å². The summed E-state index contributed by atoms with van der Waals surface area (Å²) >= 11 is 0. The monoisotopic (exact) mass is 429 g/mol. The molecule has 0 spiro atoms. The van der Waals surface area contributed by atoms with Crippen molar-refractivity contribution >= 4 is 15.9 Å². The van der Waals surface area contributed by atoms with Gasteiger partial charge in [0.05, 0.1) is 4.90 Å². The van der Waals surface area contributed by atoms with Crippen LogP contribution in [0.15, 0.2) is 59.5 Å². The first-order chi connectivity index (χ1) is 14.3. The van der Waals surface area contributed by atoms with Gasteiger partial charge in [0.15, 0.2) is 0 Å². The van der Waals surface area contributed by atoms with E-state index in [2.05, 4.69) is 47.7 Å². The summed E-state index contributed by atoms with van der Waals surface area (Å²) in [5, 5.41) is 0. The van der Waals surface area contributed by atoms with Crippen LogP contribution in [-0.4, -0.2) is 56.8 Å². The summed E-state index contributed by atoms with van der Waals surface area (Å²) in [6.45, 7) is 8.38. The highest BCUT2D eigenvalue weighted by atomic mass is 32.2. The first kappa shape index (κ1) is 22.5. The molecule has 1 fully saturated rings. The largest absolute Gasteiger partial charge is 0.340 e. The summed E-state index contributed by atoms with van der Waals surface area (Å²) in [5.41, 5.74) is 2.63. The zero-order chi connectivity index (χ0) is 21.6. The van der Waals surface area contributed by atoms with Gasteiger partial charge < -0.3 is 4.90 Å². The molecule has 0 aromatic heterocycles. The summed E-state index contributed by atoms with van der Waals surface area (Å²) in [7, 11) is -3.57. The van der Waals surface area contributed by atoms with E-state index in [4.69, 9.17) is 0 Å². The molecule has 0 atom stereocenters. The molecule has 1 aliphatic rings. The number of carbonyl (C=O) groups excluding carboxylic acids is 1. The highest BCUT2D eigenvalue weighted by Crippen LogP contribution is 2.16. The molecular weight excluding hydrogens is 398 g/mol. The molecule has 30 heavy (non-hydrogen) atoms. The van der Waals surface area contributed by atoms with Crippen molar-refractivity contribution in [2.75, 3.05) is 32.7 Å². The third-order valence-corrected chi connectivity index (χ3v) is 6.94. The lowest BCUT2D eigenvalue weighted by Crippen LogP contribution is -2.48. The fourth-order valence-corrected chi connectivity index (χ4v) is 4.61.